The molecule has 2 rings (SSSR count). The Balaban J connectivity index is 2.48. The lowest BCUT2D eigenvalue weighted by atomic mass is 9.98. The highest BCUT2D eigenvalue weighted by Gasteiger charge is 2.38. The van der Waals surface area contributed by atoms with E-state index in [4.69, 9.17) is 0 Å². The van der Waals surface area contributed by atoms with Gasteiger partial charge >= 0.3 is 0 Å². The van der Waals surface area contributed by atoms with Crippen molar-refractivity contribution in [3.05, 3.63) is 70.8 Å². The number of hydrogen-bond donors (Lipinski definition) is 0. The van der Waals surface area contributed by atoms with Gasteiger partial charge in [0, 0.05) is 5.56 Å². The quantitative estimate of drug-likeness (QED) is 0.674. The van der Waals surface area contributed by atoms with Gasteiger partial charge < -0.3 is 0 Å². The minimum atomic E-state index is -2.06. The van der Waals surface area contributed by atoms with E-state index in [9.17, 15) is 9.36 Å². The van der Waals surface area contributed by atoms with Crippen LogP contribution in [0.3, 0.4) is 0 Å². The normalized spacial score (nSPS) is 14.3. The van der Waals surface area contributed by atoms with Crippen LogP contribution in [0.5, 0.6) is 0 Å². The molecule has 0 N–H and O–H groups in total. The maximum Gasteiger partial charge on any atom is 0.243 e. The second kappa shape index (κ2) is 6.54. The van der Waals surface area contributed by atoms with Crippen LogP contribution in [0.1, 0.15) is 47.3 Å². The Kier molecular flexibility index (Phi) is 4.93. The molecule has 0 saturated carbocycles. The van der Waals surface area contributed by atoms with Crippen molar-refractivity contribution in [3.8, 4) is 0 Å². The Morgan fingerprint density at radius 1 is 1.00 bits per heavy atom. The zero-order valence-corrected chi connectivity index (χ0v) is 14.5. The summed E-state index contributed by atoms with van der Waals surface area (Å²) < 4.78 is 13.1. The van der Waals surface area contributed by atoms with Gasteiger partial charge in [-0.15, -0.1) is 0 Å². The van der Waals surface area contributed by atoms with E-state index in [1.165, 1.54) is 0 Å². The van der Waals surface area contributed by atoms with E-state index in [0.29, 0.717) is 12.0 Å². The summed E-state index contributed by atoms with van der Waals surface area (Å²) in [5.41, 5.74) is 3.11. The van der Waals surface area contributed by atoms with Gasteiger partial charge in [0.25, 0.3) is 0 Å². The standard InChI is InChI=1S/C19H22O2P/c1-5-19(4,16-12-7-6-8-13-16)22(21)18(20)17-14(2)10-9-11-15(17)3/h6-13H,5H2,1-4H3. The van der Waals surface area contributed by atoms with E-state index in [1.807, 2.05) is 76.2 Å². The highest BCUT2D eigenvalue weighted by Crippen LogP contribution is 2.51. The van der Waals surface area contributed by atoms with Crippen LogP contribution in [0.15, 0.2) is 48.5 Å². The molecule has 0 spiro atoms. The van der Waals surface area contributed by atoms with Crippen molar-refractivity contribution in [2.24, 2.45) is 0 Å². The summed E-state index contributed by atoms with van der Waals surface area (Å²) >= 11 is 0. The molecule has 0 saturated heterocycles. The first-order valence-electron chi connectivity index (χ1n) is 7.55. The van der Waals surface area contributed by atoms with Crippen LogP contribution < -0.4 is 0 Å². The van der Waals surface area contributed by atoms with Crippen molar-refractivity contribution < 1.29 is 9.36 Å². The summed E-state index contributed by atoms with van der Waals surface area (Å²) in [5, 5.41) is -0.637. The Morgan fingerprint density at radius 2 is 1.55 bits per heavy atom. The van der Waals surface area contributed by atoms with Crippen molar-refractivity contribution in [2.75, 3.05) is 0 Å². The molecule has 3 heteroatoms. The number of hydrogen-bond acceptors (Lipinski definition) is 2. The molecule has 0 aliphatic heterocycles. The van der Waals surface area contributed by atoms with E-state index >= 15 is 0 Å². The highest BCUT2D eigenvalue weighted by atomic mass is 31.1. The summed E-state index contributed by atoms with van der Waals surface area (Å²) in [6.07, 6.45) is 0.656. The summed E-state index contributed by atoms with van der Waals surface area (Å²) in [4.78, 5) is 12.9. The fourth-order valence-electron chi connectivity index (χ4n) is 2.74. The minimum Gasteiger partial charge on any atom is -0.281 e. The van der Waals surface area contributed by atoms with Gasteiger partial charge in [0.05, 0.1) is 5.16 Å². The van der Waals surface area contributed by atoms with Crippen LogP contribution in [-0.4, -0.2) is 5.52 Å². The zero-order chi connectivity index (χ0) is 16.3. The first-order chi connectivity index (χ1) is 10.4. The number of benzene rings is 2. The SMILES string of the molecule is CCC(C)(c1ccccc1)[P](=O)C(=O)c1c(C)cccc1C. The van der Waals surface area contributed by atoms with Crippen molar-refractivity contribution in [2.45, 2.75) is 39.3 Å². The molecule has 0 heterocycles. The lowest BCUT2D eigenvalue weighted by Crippen LogP contribution is -2.19. The van der Waals surface area contributed by atoms with Gasteiger partial charge in [-0.1, -0.05) is 55.5 Å². The summed E-state index contributed by atoms with van der Waals surface area (Å²) in [7, 11) is -2.06. The van der Waals surface area contributed by atoms with Gasteiger partial charge in [-0.3, -0.25) is 9.36 Å². The third kappa shape index (κ3) is 2.89. The first kappa shape index (κ1) is 16.6. The Labute approximate surface area is 133 Å². The monoisotopic (exact) mass is 313 g/mol. The van der Waals surface area contributed by atoms with Crippen molar-refractivity contribution in [1.29, 1.82) is 0 Å². The largest absolute Gasteiger partial charge is 0.281 e. The molecule has 2 atom stereocenters. The summed E-state index contributed by atoms with van der Waals surface area (Å²) in [6, 6.07) is 15.4. The zero-order valence-electron chi connectivity index (χ0n) is 13.6. The van der Waals surface area contributed by atoms with Gasteiger partial charge in [0.15, 0.2) is 7.80 Å². The molecule has 1 radical (unpaired) electrons. The molecule has 2 nitrogen and oxygen atoms in total. The lowest BCUT2D eigenvalue weighted by Gasteiger charge is -2.27. The fourth-order valence-corrected chi connectivity index (χ4v) is 4.41. The number of carbonyl (C=O) groups is 1. The highest BCUT2D eigenvalue weighted by molar-refractivity contribution is 7.65. The molecule has 0 aliphatic rings. The van der Waals surface area contributed by atoms with Crippen LogP contribution in [0.4, 0.5) is 0 Å². The van der Waals surface area contributed by atoms with Crippen LogP contribution >= 0.6 is 7.80 Å². The molecule has 22 heavy (non-hydrogen) atoms. The Morgan fingerprint density at radius 3 is 2.05 bits per heavy atom. The summed E-state index contributed by atoms with van der Waals surface area (Å²) in [6.45, 7) is 7.70. The third-order valence-electron chi connectivity index (χ3n) is 4.41. The molecule has 0 aliphatic carbocycles. The van der Waals surface area contributed by atoms with Gasteiger partial charge in [-0.2, -0.15) is 0 Å². The van der Waals surface area contributed by atoms with Crippen molar-refractivity contribution >= 4 is 13.3 Å². The van der Waals surface area contributed by atoms with Crippen LogP contribution in [0, 0.1) is 13.8 Å². The average Bonchev–Trinajstić information content (AvgIpc) is 2.54. The van der Waals surface area contributed by atoms with E-state index in [-0.39, 0.29) is 5.52 Å². The van der Waals surface area contributed by atoms with Crippen LogP contribution in [0.2, 0.25) is 0 Å². The number of carbonyl (C=O) groups excluding carboxylic acids is 1. The predicted octanol–water partition coefficient (Wildman–Crippen LogP) is 5.60. The van der Waals surface area contributed by atoms with Gasteiger partial charge in [-0.05, 0) is 43.9 Å². The predicted molar refractivity (Wildman–Crippen MR) is 91.9 cm³/mol. The van der Waals surface area contributed by atoms with Gasteiger partial charge in [0.2, 0.25) is 5.52 Å². The van der Waals surface area contributed by atoms with E-state index < -0.39 is 13.0 Å². The number of aryl methyl sites for hydroxylation is 2. The van der Waals surface area contributed by atoms with Crippen molar-refractivity contribution in [1.82, 2.24) is 0 Å². The van der Waals surface area contributed by atoms with Gasteiger partial charge in [0.1, 0.15) is 0 Å². The molecule has 0 bridgehead atoms. The van der Waals surface area contributed by atoms with E-state index in [0.717, 1.165) is 16.7 Å². The molecule has 0 fully saturated rings. The smallest absolute Gasteiger partial charge is 0.243 e. The van der Waals surface area contributed by atoms with Crippen molar-refractivity contribution in [3.63, 3.8) is 0 Å². The van der Waals surface area contributed by atoms with E-state index in [2.05, 4.69) is 0 Å². The second-order valence-corrected chi connectivity index (χ2v) is 7.84. The molecular formula is C19H22O2P. The molecule has 2 aromatic carbocycles. The second-order valence-electron chi connectivity index (χ2n) is 5.86. The Bertz CT molecular complexity index is 686. The number of rotatable bonds is 5. The average molecular weight is 313 g/mol. The molecule has 2 unspecified atom stereocenters. The topological polar surface area (TPSA) is 34.1 Å². The molecule has 0 aromatic heterocycles. The molecule has 115 valence electrons. The lowest BCUT2D eigenvalue weighted by molar-refractivity contribution is 0.107. The van der Waals surface area contributed by atoms with Gasteiger partial charge in [-0.25, -0.2) is 0 Å². The summed E-state index contributed by atoms with van der Waals surface area (Å²) in [5.74, 6) is 0. The minimum absolute atomic E-state index is 0.237. The molecular weight excluding hydrogens is 291 g/mol. The van der Waals surface area contributed by atoms with E-state index in [1.54, 1.807) is 0 Å². The Hall–Kier alpha value is -1.79. The fraction of sp³-hybridized carbons (Fsp3) is 0.316. The third-order valence-corrected chi connectivity index (χ3v) is 6.48. The first-order valence-corrected chi connectivity index (χ1v) is 8.81. The molecule has 2 aromatic rings. The molecule has 0 amide bonds. The maximum atomic E-state index is 13.1. The van der Waals surface area contributed by atoms with Crippen LogP contribution in [-0.2, 0) is 9.72 Å². The van der Waals surface area contributed by atoms with Crippen LogP contribution in [0.25, 0.3) is 0 Å². The maximum absolute atomic E-state index is 13.1.